The highest BCUT2D eigenvalue weighted by molar-refractivity contribution is 5.48. The summed E-state index contributed by atoms with van der Waals surface area (Å²) in [5.74, 6) is 1.44. The summed E-state index contributed by atoms with van der Waals surface area (Å²) in [6.45, 7) is 8.53. The number of aromatic hydroxyl groups is 2. The van der Waals surface area contributed by atoms with Crippen LogP contribution >= 0.6 is 0 Å². The first-order valence-electron chi connectivity index (χ1n) is 7.77. The minimum atomic E-state index is -0.0442. The molecule has 2 heteroatoms. The Morgan fingerprint density at radius 1 is 1.24 bits per heavy atom. The Balaban J connectivity index is 1.90. The van der Waals surface area contributed by atoms with Crippen LogP contribution < -0.4 is 0 Å². The number of fused-ring (bicyclic) bond motifs is 1. The Bertz CT molecular complexity index is 610. The molecule has 3 aliphatic carbocycles. The molecule has 1 aromatic carbocycles. The number of hydrogen-bond acceptors (Lipinski definition) is 2. The van der Waals surface area contributed by atoms with Crippen molar-refractivity contribution < 1.29 is 10.2 Å². The molecular formula is C19H24O2. The standard InChI is InChI=1S/C19H24O2/c1-4-5-12-9-17(20)18(21)10-14(12)8-13-6-7-15-11-16(13)19(15,2)3/h4,6,9-10,15-16,20-21H,1,5,7-8,11H2,2-3H3/t15-,16-/m1/s1. The molecule has 0 aliphatic heterocycles. The highest BCUT2D eigenvalue weighted by Crippen LogP contribution is 2.59. The molecule has 21 heavy (non-hydrogen) atoms. The highest BCUT2D eigenvalue weighted by Gasteiger charge is 2.50. The van der Waals surface area contributed by atoms with E-state index >= 15 is 0 Å². The van der Waals surface area contributed by atoms with E-state index < -0.39 is 0 Å². The lowest BCUT2D eigenvalue weighted by Crippen LogP contribution is -2.48. The molecular weight excluding hydrogens is 260 g/mol. The van der Waals surface area contributed by atoms with Crippen molar-refractivity contribution in [1.29, 1.82) is 0 Å². The Morgan fingerprint density at radius 2 is 1.90 bits per heavy atom. The van der Waals surface area contributed by atoms with Gasteiger partial charge in [-0.25, -0.2) is 0 Å². The average molecular weight is 284 g/mol. The normalized spacial score (nSPS) is 25.9. The summed E-state index contributed by atoms with van der Waals surface area (Å²) in [7, 11) is 0. The van der Waals surface area contributed by atoms with Crippen molar-refractivity contribution in [3.8, 4) is 11.5 Å². The molecule has 0 amide bonds. The molecule has 1 fully saturated rings. The van der Waals surface area contributed by atoms with Crippen molar-refractivity contribution in [2.24, 2.45) is 17.3 Å². The van der Waals surface area contributed by atoms with Gasteiger partial charge in [0.1, 0.15) is 0 Å². The summed E-state index contributed by atoms with van der Waals surface area (Å²) in [4.78, 5) is 0. The lowest BCUT2D eigenvalue weighted by Gasteiger charge is -2.56. The summed E-state index contributed by atoms with van der Waals surface area (Å²) in [5, 5.41) is 19.5. The number of hydrogen-bond donors (Lipinski definition) is 2. The van der Waals surface area contributed by atoms with Gasteiger partial charge in [-0.1, -0.05) is 31.6 Å². The smallest absolute Gasteiger partial charge is 0.157 e. The maximum atomic E-state index is 9.81. The van der Waals surface area contributed by atoms with Gasteiger partial charge in [-0.3, -0.25) is 0 Å². The second kappa shape index (κ2) is 4.94. The minimum Gasteiger partial charge on any atom is -0.504 e. The number of benzene rings is 1. The highest BCUT2D eigenvalue weighted by atomic mass is 16.3. The van der Waals surface area contributed by atoms with Gasteiger partial charge in [0.2, 0.25) is 0 Å². The number of phenols is 2. The molecule has 1 saturated carbocycles. The summed E-state index contributed by atoms with van der Waals surface area (Å²) in [5.41, 5.74) is 4.08. The molecule has 0 aromatic heterocycles. The van der Waals surface area contributed by atoms with Crippen LogP contribution in [0.3, 0.4) is 0 Å². The molecule has 0 spiro atoms. The Hall–Kier alpha value is -1.70. The van der Waals surface area contributed by atoms with Gasteiger partial charge in [0.05, 0.1) is 0 Å². The molecule has 2 bridgehead atoms. The predicted molar refractivity (Wildman–Crippen MR) is 85.5 cm³/mol. The van der Waals surface area contributed by atoms with Gasteiger partial charge in [0, 0.05) is 0 Å². The predicted octanol–water partition coefficient (Wildman–Crippen LogP) is 4.36. The number of rotatable bonds is 4. The topological polar surface area (TPSA) is 40.5 Å². The largest absolute Gasteiger partial charge is 0.504 e. The van der Waals surface area contributed by atoms with E-state index in [0.29, 0.717) is 17.8 Å². The number of phenolic OH excluding ortho intramolecular Hbond substituents is 2. The van der Waals surface area contributed by atoms with Gasteiger partial charge < -0.3 is 10.2 Å². The van der Waals surface area contributed by atoms with Crippen LogP contribution in [0.4, 0.5) is 0 Å². The third-order valence-electron chi connectivity index (χ3n) is 5.64. The Labute approximate surface area is 126 Å². The van der Waals surface area contributed by atoms with Crippen LogP contribution in [0.25, 0.3) is 0 Å². The van der Waals surface area contributed by atoms with E-state index in [1.54, 1.807) is 12.1 Å². The van der Waals surface area contributed by atoms with Crippen LogP contribution in [0.15, 0.2) is 36.4 Å². The lowest BCUT2D eigenvalue weighted by atomic mass is 9.48. The molecule has 2 atom stereocenters. The molecule has 4 rings (SSSR count). The molecule has 3 aliphatic rings. The van der Waals surface area contributed by atoms with Crippen LogP contribution in [0.5, 0.6) is 11.5 Å². The van der Waals surface area contributed by atoms with Crippen LogP contribution in [0, 0.1) is 17.3 Å². The molecule has 112 valence electrons. The molecule has 2 N–H and O–H groups in total. The van der Waals surface area contributed by atoms with Crippen molar-refractivity contribution in [3.63, 3.8) is 0 Å². The molecule has 2 nitrogen and oxygen atoms in total. The quantitative estimate of drug-likeness (QED) is 0.637. The van der Waals surface area contributed by atoms with Crippen LogP contribution in [-0.4, -0.2) is 10.2 Å². The van der Waals surface area contributed by atoms with Crippen LogP contribution in [0.2, 0.25) is 0 Å². The zero-order valence-corrected chi connectivity index (χ0v) is 12.9. The minimum absolute atomic E-state index is 0.0278. The van der Waals surface area contributed by atoms with Gasteiger partial charge in [-0.15, -0.1) is 6.58 Å². The zero-order valence-electron chi connectivity index (χ0n) is 12.9. The van der Waals surface area contributed by atoms with Gasteiger partial charge in [-0.2, -0.15) is 0 Å². The molecule has 0 saturated heterocycles. The first kappa shape index (κ1) is 14.2. The van der Waals surface area contributed by atoms with E-state index in [0.717, 1.165) is 23.5 Å². The monoisotopic (exact) mass is 284 g/mol. The van der Waals surface area contributed by atoms with Crippen LogP contribution in [0.1, 0.15) is 37.8 Å². The molecule has 0 radical (unpaired) electrons. The average Bonchev–Trinajstić information content (AvgIpc) is 2.44. The third-order valence-corrected chi connectivity index (χ3v) is 5.64. The van der Waals surface area contributed by atoms with Crippen molar-refractivity contribution >= 4 is 0 Å². The fourth-order valence-corrected chi connectivity index (χ4v) is 4.07. The fourth-order valence-electron chi connectivity index (χ4n) is 4.07. The summed E-state index contributed by atoms with van der Waals surface area (Å²) < 4.78 is 0. The SMILES string of the molecule is C=CCc1cc(O)c(O)cc1CC1=CC[C@@H]2C[C@H]1C2(C)C. The maximum Gasteiger partial charge on any atom is 0.157 e. The van der Waals surface area contributed by atoms with Crippen LogP contribution in [-0.2, 0) is 12.8 Å². The molecule has 1 aromatic rings. The summed E-state index contributed by atoms with van der Waals surface area (Å²) >= 11 is 0. The van der Waals surface area contributed by atoms with Crippen molar-refractivity contribution in [1.82, 2.24) is 0 Å². The first-order chi connectivity index (χ1) is 9.93. The van der Waals surface area contributed by atoms with Crippen molar-refractivity contribution in [3.05, 3.63) is 47.6 Å². The number of allylic oxidation sites excluding steroid dienone is 3. The second-order valence-corrected chi connectivity index (χ2v) is 7.10. The van der Waals surface area contributed by atoms with Gasteiger partial charge >= 0.3 is 0 Å². The van der Waals surface area contributed by atoms with E-state index in [4.69, 9.17) is 0 Å². The zero-order chi connectivity index (χ0) is 15.2. The van der Waals surface area contributed by atoms with Gasteiger partial charge in [-0.05, 0) is 66.2 Å². The van der Waals surface area contributed by atoms with Gasteiger partial charge in [0.15, 0.2) is 11.5 Å². The van der Waals surface area contributed by atoms with E-state index in [-0.39, 0.29) is 11.5 Å². The summed E-state index contributed by atoms with van der Waals surface area (Å²) in [6, 6.07) is 3.39. The second-order valence-electron chi connectivity index (χ2n) is 7.10. The third kappa shape index (κ3) is 2.27. The Kier molecular flexibility index (Phi) is 3.35. The van der Waals surface area contributed by atoms with Crippen molar-refractivity contribution in [2.75, 3.05) is 0 Å². The maximum absolute atomic E-state index is 9.81. The fraction of sp³-hybridized carbons (Fsp3) is 0.474. The van der Waals surface area contributed by atoms with E-state index in [1.807, 2.05) is 6.08 Å². The van der Waals surface area contributed by atoms with Gasteiger partial charge in [0.25, 0.3) is 0 Å². The van der Waals surface area contributed by atoms with E-state index in [1.165, 1.54) is 18.4 Å². The van der Waals surface area contributed by atoms with E-state index in [2.05, 4.69) is 26.5 Å². The Morgan fingerprint density at radius 3 is 2.48 bits per heavy atom. The first-order valence-corrected chi connectivity index (χ1v) is 7.77. The summed E-state index contributed by atoms with van der Waals surface area (Å²) in [6.07, 6.45) is 8.31. The molecule has 0 unspecified atom stereocenters. The molecule has 0 heterocycles. The lowest BCUT2D eigenvalue weighted by molar-refractivity contribution is -0.00744. The van der Waals surface area contributed by atoms with E-state index in [9.17, 15) is 10.2 Å². The van der Waals surface area contributed by atoms with Crippen molar-refractivity contribution in [2.45, 2.75) is 39.5 Å².